The van der Waals surface area contributed by atoms with Gasteiger partial charge in [0.1, 0.15) is 0 Å². The van der Waals surface area contributed by atoms with Gasteiger partial charge in [-0.1, -0.05) is 200 Å². The molecule has 0 saturated heterocycles. The molecule has 0 saturated carbocycles. The van der Waals surface area contributed by atoms with Crippen molar-refractivity contribution in [2.75, 3.05) is 6.61 Å². The topological polar surface area (TPSA) is 57.5 Å². The van der Waals surface area contributed by atoms with Crippen LogP contribution in [0.1, 0.15) is 219 Å². The minimum Gasteiger partial charge on any atom is -0.481 e. The molecule has 3 nitrogen and oxygen atoms in total. The van der Waals surface area contributed by atoms with Gasteiger partial charge in [-0.15, -0.1) is 0 Å². The number of hydrogen-bond donors (Lipinski definition) is 2. The Bertz CT molecular complexity index is 506. The first-order valence-corrected chi connectivity index (χ1v) is 19.0. The number of hydrogen-bond acceptors (Lipinski definition) is 2. The number of carbonyl (C=O) groups is 1. The van der Waals surface area contributed by atoms with Gasteiger partial charge in [0.2, 0.25) is 0 Å². The Balaban J connectivity index is 4.11. The van der Waals surface area contributed by atoms with Crippen LogP contribution in [0.4, 0.5) is 0 Å². The zero-order chi connectivity index (χ0) is 30.1. The van der Waals surface area contributed by atoms with Crippen molar-refractivity contribution in [3.8, 4) is 0 Å². The number of rotatable bonds is 35. The lowest BCUT2D eigenvalue weighted by Crippen LogP contribution is -2.18. The van der Waals surface area contributed by atoms with Crippen molar-refractivity contribution in [2.45, 2.75) is 219 Å². The fourth-order valence-electron chi connectivity index (χ4n) is 6.53. The van der Waals surface area contributed by atoms with Gasteiger partial charge in [0.15, 0.2) is 0 Å². The normalized spacial score (nSPS) is 13.0. The van der Waals surface area contributed by atoms with Crippen LogP contribution in [0, 0.1) is 11.8 Å². The van der Waals surface area contributed by atoms with E-state index in [2.05, 4.69) is 13.8 Å². The van der Waals surface area contributed by atoms with E-state index in [4.69, 9.17) is 5.11 Å². The zero-order valence-electron chi connectivity index (χ0n) is 28.3. The molecule has 0 aliphatic rings. The van der Waals surface area contributed by atoms with Gasteiger partial charge in [-0.05, 0) is 25.2 Å². The van der Waals surface area contributed by atoms with Crippen LogP contribution < -0.4 is 0 Å². The maximum Gasteiger partial charge on any atom is 0.306 e. The van der Waals surface area contributed by atoms with Crippen LogP contribution in [0.2, 0.25) is 0 Å². The maximum absolute atomic E-state index is 12.2. The van der Waals surface area contributed by atoms with Crippen molar-refractivity contribution >= 4 is 5.97 Å². The summed E-state index contributed by atoms with van der Waals surface area (Å²) in [4.78, 5) is 12.2. The van der Waals surface area contributed by atoms with Crippen molar-refractivity contribution in [3.05, 3.63) is 0 Å². The lowest BCUT2D eigenvalue weighted by molar-refractivity contribution is -0.142. The second-order valence-corrected chi connectivity index (χ2v) is 13.4. The molecule has 0 aromatic carbocycles. The molecule has 2 atom stereocenters. The third-order valence-corrected chi connectivity index (χ3v) is 9.36. The molecular formula is C38H76O3. The van der Waals surface area contributed by atoms with Crippen LogP contribution in [-0.2, 0) is 4.79 Å². The van der Waals surface area contributed by atoms with Gasteiger partial charge in [-0.2, -0.15) is 0 Å². The summed E-state index contributed by atoms with van der Waals surface area (Å²) in [5.41, 5.74) is 0. The minimum atomic E-state index is -0.540. The first-order chi connectivity index (χ1) is 20.2. The predicted octanol–water partition coefficient (Wildman–Crippen LogP) is 12.8. The first kappa shape index (κ1) is 40.4. The van der Waals surface area contributed by atoms with Gasteiger partial charge in [0.05, 0.1) is 5.92 Å². The van der Waals surface area contributed by atoms with Crippen LogP contribution in [0.3, 0.4) is 0 Å². The Hall–Kier alpha value is -0.570. The molecule has 0 aromatic rings. The Morgan fingerprint density at radius 3 is 1.05 bits per heavy atom. The lowest BCUT2D eigenvalue weighted by Gasteiger charge is -2.21. The van der Waals surface area contributed by atoms with Crippen LogP contribution in [-0.4, -0.2) is 22.8 Å². The maximum atomic E-state index is 12.2. The number of aliphatic hydroxyl groups is 1. The van der Waals surface area contributed by atoms with Crippen LogP contribution in [0.15, 0.2) is 0 Å². The average molecular weight is 581 g/mol. The van der Waals surface area contributed by atoms with E-state index in [1.807, 2.05) is 0 Å². The molecule has 0 amide bonds. The summed E-state index contributed by atoms with van der Waals surface area (Å²) in [5.74, 6) is -0.0528. The number of carboxylic acid groups (broad SMARTS) is 1. The highest BCUT2D eigenvalue weighted by Crippen LogP contribution is 2.28. The number of unbranched alkanes of at least 4 members (excludes halogenated alkanes) is 25. The lowest BCUT2D eigenvalue weighted by atomic mass is 9.84. The van der Waals surface area contributed by atoms with Crippen molar-refractivity contribution in [2.24, 2.45) is 11.8 Å². The quantitative estimate of drug-likeness (QED) is 0.0733. The van der Waals surface area contributed by atoms with E-state index >= 15 is 0 Å². The van der Waals surface area contributed by atoms with Crippen LogP contribution in [0.5, 0.6) is 0 Å². The Morgan fingerprint density at radius 2 is 0.732 bits per heavy atom. The largest absolute Gasteiger partial charge is 0.481 e. The van der Waals surface area contributed by atoms with Crippen LogP contribution in [0.25, 0.3) is 0 Å². The monoisotopic (exact) mass is 581 g/mol. The van der Waals surface area contributed by atoms with E-state index in [9.17, 15) is 9.90 Å². The Morgan fingerprint density at radius 1 is 0.439 bits per heavy atom. The fourth-order valence-corrected chi connectivity index (χ4v) is 6.53. The molecule has 0 radical (unpaired) electrons. The van der Waals surface area contributed by atoms with E-state index in [0.717, 1.165) is 25.7 Å². The summed E-state index contributed by atoms with van der Waals surface area (Å²) in [7, 11) is 0. The molecule has 2 unspecified atom stereocenters. The Kier molecular flexibility index (Phi) is 33.5. The third kappa shape index (κ3) is 30.7. The van der Waals surface area contributed by atoms with Crippen LogP contribution >= 0.6 is 0 Å². The van der Waals surface area contributed by atoms with Gasteiger partial charge in [0.25, 0.3) is 0 Å². The number of carboxylic acids is 1. The molecular weight excluding hydrogens is 504 g/mol. The summed E-state index contributed by atoms with van der Waals surface area (Å²) in [5, 5.41) is 18.8. The van der Waals surface area contributed by atoms with E-state index in [-0.39, 0.29) is 5.92 Å². The second-order valence-electron chi connectivity index (χ2n) is 13.4. The third-order valence-electron chi connectivity index (χ3n) is 9.36. The molecule has 0 rings (SSSR count). The van der Waals surface area contributed by atoms with Gasteiger partial charge in [-0.3, -0.25) is 4.79 Å². The van der Waals surface area contributed by atoms with E-state index in [1.165, 1.54) is 180 Å². The van der Waals surface area contributed by atoms with Crippen molar-refractivity contribution in [1.29, 1.82) is 0 Å². The molecule has 0 aromatic heterocycles. The molecule has 0 bridgehead atoms. The van der Waals surface area contributed by atoms with Gasteiger partial charge < -0.3 is 10.2 Å². The smallest absolute Gasteiger partial charge is 0.306 e. The first-order valence-electron chi connectivity index (χ1n) is 19.0. The molecule has 0 heterocycles. The zero-order valence-corrected chi connectivity index (χ0v) is 28.3. The molecule has 246 valence electrons. The van der Waals surface area contributed by atoms with Gasteiger partial charge in [-0.25, -0.2) is 0 Å². The fraction of sp³-hybridized carbons (Fsp3) is 0.974. The van der Waals surface area contributed by atoms with Crippen molar-refractivity contribution in [1.82, 2.24) is 0 Å². The van der Waals surface area contributed by atoms with Gasteiger partial charge >= 0.3 is 5.97 Å². The van der Waals surface area contributed by atoms with Crippen molar-refractivity contribution < 1.29 is 15.0 Å². The van der Waals surface area contributed by atoms with E-state index in [0.29, 0.717) is 12.5 Å². The van der Waals surface area contributed by atoms with Gasteiger partial charge in [0, 0.05) is 6.61 Å². The van der Waals surface area contributed by atoms with E-state index in [1.54, 1.807) is 0 Å². The SMILES string of the molecule is CCCCCCCCCCC(CCCCCCCC)CC(CCCCCCCCCCCCCCCCO)C(=O)O. The average Bonchev–Trinajstić information content (AvgIpc) is 2.97. The Labute approximate surface area is 258 Å². The summed E-state index contributed by atoms with van der Waals surface area (Å²) in [6.45, 7) is 4.91. The highest BCUT2D eigenvalue weighted by Gasteiger charge is 2.22. The highest BCUT2D eigenvalue weighted by atomic mass is 16.4. The molecule has 0 fully saturated rings. The molecule has 2 N–H and O–H groups in total. The standard InChI is InChI=1S/C38H76O3/c1-3-5-7-9-11-20-24-28-32-36(31-27-23-10-8-6-4-2)35-37(38(40)41)33-29-25-21-18-16-14-12-13-15-17-19-22-26-30-34-39/h36-37,39H,3-35H2,1-2H3,(H,40,41). The minimum absolute atomic E-state index is 0.127. The van der Waals surface area contributed by atoms with Crippen molar-refractivity contribution in [3.63, 3.8) is 0 Å². The summed E-state index contributed by atoms with van der Waals surface area (Å²) >= 11 is 0. The highest BCUT2D eigenvalue weighted by molar-refractivity contribution is 5.69. The summed E-state index contributed by atoms with van der Waals surface area (Å²) in [6, 6.07) is 0. The molecule has 3 heteroatoms. The summed E-state index contributed by atoms with van der Waals surface area (Å²) < 4.78 is 0. The number of aliphatic carboxylic acids is 1. The molecule has 0 spiro atoms. The summed E-state index contributed by atoms with van der Waals surface area (Å²) in [6.07, 6.45) is 41.0. The second kappa shape index (κ2) is 33.9. The molecule has 0 aliphatic heterocycles. The molecule has 41 heavy (non-hydrogen) atoms. The number of aliphatic hydroxyl groups excluding tert-OH is 1. The predicted molar refractivity (Wildman–Crippen MR) is 181 cm³/mol. The van der Waals surface area contributed by atoms with E-state index < -0.39 is 5.97 Å². The molecule has 0 aliphatic carbocycles.